The van der Waals surface area contributed by atoms with E-state index in [1.807, 2.05) is 0 Å². The highest BCUT2D eigenvalue weighted by Crippen LogP contribution is 2.19. The first-order chi connectivity index (χ1) is 10.5. The van der Waals surface area contributed by atoms with E-state index in [2.05, 4.69) is 4.99 Å². The molecule has 0 atom stereocenters. The number of hydrogen-bond donors (Lipinski definition) is 2. The highest BCUT2D eigenvalue weighted by Gasteiger charge is 2.09. The van der Waals surface area contributed by atoms with Gasteiger partial charge in [-0.2, -0.15) is 0 Å². The number of carboxylic acid groups (broad SMARTS) is 1. The predicted octanol–water partition coefficient (Wildman–Crippen LogP) is 2.54. The number of nitrogens with zero attached hydrogens (tertiary/aromatic N) is 2. The van der Waals surface area contributed by atoms with Crippen molar-refractivity contribution >= 4 is 23.6 Å². The lowest BCUT2D eigenvalue weighted by molar-refractivity contribution is -0.384. The topological polar surface area (TPSA) is 113 Å². The Morgan fingerprint density at radius 3 is 2.68 bits per heavy atom. The van der Waals surface area contributed by atoms with Crippen LogP contribution < -0.4 is 0 Å². The molecule has 0 radical (unpaired) electrons. The summed E-state index contributed by atoms with van der Waals surface area (Å²) in [5, 5.41) is 28.9. The third kappa shape index (κ3) is 3.53. The molecule has 0 aliphatic carbocycles. The lowest BCUT2D eigenvalue weighted by Gasteiger charge is -2.02. The van der Waals surface area contributed by atoms with Gasteiger partial charge in [0, 0.05) is 23.9 Å². The largest absolute Gasteiger partial charge is 0.478 e. The fourth-order valence-electron chi connectivity index (χ4n) is 1.82. The average Bonchev–Trinajstić information content (AvgIpc) is 2.52. The first-order valence-electron chi connectivity index (χ1n) is 6.27. The Balaban J connectivity index is 2.36. The minimum absolute atomic E-state index is 0.0936. The van der Waals surface area contributed by atoms with Crippen molar-refractivity contribution < 1.29 is 19.9 Å². The molecule has 0 aliphatic heterocycles. The summed E-state index contributed by atoms with van der Waals surface area (Å²) < 4.78 is 0. The summed E-state index contributed by atoms with van der Waals surface area (Å²) in [5.74, 6) is -1.07. The second-order valence-corrected chi connectivity index (χ2v) is 4.41. The van der Waals surface area contributed by atoms with Gasteiger partial charge in [0.05, 0.1) is 22.8 Å². The molecule has 22 heavy (non-hydrogen) atoms. The van der Waals surface area contributed by atoms with Gasteiger partial charge in [0.25, 0.3) is 5.69 Å². The minimum atomic E-state index is -1.07. The Labute approximate surface area is 125 Å². The number of carboxylic acids is 1. The number of hydrogen-bond acceptors (Lipinski definition) is 5. The molecule has 0 bridgehead atoms. The Morgan fingerprint density at radius 2 is 2.05 bits per heavy atom. The van der Waals surface area contributed by atoms with E-state index < -0.39 is 10.9 Å². The van der Waals surface area contributed by atoms with Gasteiger partial charge in [0.15, 0.2) is 0 Å². The molecule has 7 nitrogen and oxygen atoms in total. The van der Waals surface area contributed by atoms with Crippen LogP contribution in [0.2, 0.25) is 0 Å². The summed E-state index contributed by atoms with van der Waals surface area (Å²) in [6.45, 7) is -0.283. The first-order valence-corrected chi connectivity index (χ1v) is 6.27. The zero-order chi connectivity index (χ0) is 16.1. The van der Waals surface area contributed by atoms with Crippen molar-refractivity contribution in [2.75, 3.05) is 0 Å². The quantitative estimate of drug-likeness (QED) is 0.500. The van der Waals surface area contributed by atoms with E-state index in [4.69, 9.17) is 5.11 Å². The van der Waals surface area contributed by atoms with Gasteiger partial charge in [-0.05, 0) is 29.8 Å². The van der Waals surface area contributed by atoms with Crippen LogP contribution in [0.1, 0.15) is 21.5 Å². The molecular formula is C15H12N2O5. The zero-order valence-electron chi connectivity index (χ0n) is 11.3. The molecule has 0 saturated carbocycles. The Morgan fingerprint density at radius 1 is 1.27 bits per heavy atom. The van der Waals surface area contributed by atoms with Crippen molar-refractivity contribution in [3.8, 4) is 0 Å². The highest BCUT2D eigenvalue weighted by atomic mass is 16.6. The molecule has 2 N–H and O–H groups in total. The smallest absolute Gasteiger partial charge is 0.335 e. The summed E-state index contributed by atoms with van der Waals surface area (Å²) in [6.07, 6.45) is 1.36. The number of carbonyl (C=O) groups is 1. The standard InChI is InChI=1S/C15H12N2O5/c18-9-11-4-5-14(17(21)22)7-12(11)8-16-13-3-1-2-10(6-13)15(19)20/h1-8,18H,9H2,(H,19,20). The predicted molar refractivity (Wildman–Crippen MR) is 79.7 cm³/mol. The van der Waals surface area contributed by atoms with Crippen molar-refractivity contribution in [2.45, 2.75) is 6.61 Å². The van der Waals surface area contributed by atoms with Gasteiger partial charge in [-0.3, -0.25) is 15.1 Å². The van der Waals surface area contributed by atoms with Crippen LogP contribution in [0.3, 0.4) is 0 Å². The van der Waals surface area contributed by atoms with Crippen LogP contribution in [-0.2, 0) is 6.61 Å². The van der Waals surface area contributed by atoms with E-state index in [0.717, 1.165) is 0 Å². The third-order valence-electron chi connectivity index (χ3n) is 2.96. The number of aliphatic hydroxyl groups excluding tert-OH is 1. The number of non-ortho nitro benzene ring substituents is 1. The van der Waals surface area contributed by atoms with E-state index in [9.17, 15) is 20.0 Å². The maximum Gasteiger partial charge on any atom is 0.335 e. The third-order valence-corrected chi connectivity index (χ3v) is 2.96. The van der Waals surface area contributed by atoms with Crippen molar-refractivity contribution in [1.29, 1.82) is 0 Å². The molecule has 0 heterocycles. The second-order valence-electron chi connectivity index (χ2n) is 4.41. The summed E-state index contributed by atoms with van der Waals surface area (Å²) in [5.41, 5.74) is 1.27. The van der Waals surface area contributed by atoms with Crippen molar-refractivity contribution in [3.05, 3.63) is 69.3 Å². The fraction of sp³-hybridized carbons (Fsp3) is 0.0667. The van der Waals surface area contributed by atoms with Crippen LogP contribution in [-0.4, -0.2) is 27.3 Å². The van der Waals surface area contributed by atoms with Gasteiger partial charge >= 0.3 is 5.97 Å². The molecule has 0 amide bonds. The number of aromatic carboxylic acids is 1. The van der Waals surface area contributed by atoms with Gasteiger partial charge < -0.3 is 10.2 Å². The van der Waals surface area contributed by atoms with Gasteiger partial charge in [0.1, 0.15) is 0 Å². The maximum atomic E-state index is 10.9. The van der Waals surface area contributed by atoms with Crippen LogP contribution in [0, 0.1) is 10.1 Å². The van der Waals surface area contributed by atoms with Gasteiger partial charge in [-0.1, -0.05) is 6.07 Å². The van der Waals surface area contributed by atoms with Crippen LogP contribution in [0.5, 0.6) is 0 Å². The molecule has 7 heteroatoms. The summed E-state index contributed by atoms with van der Waals surface area (Å²) in [7, 11) is 0. The number of benzene rings is 2. The van der Waals surface area contributed by atoms with E-state index >= 15 is 0 Å². The molecule has 0 aromatic heterocycles. The number of aliphatic imine (C=N–C) groups is 1. The molecule has 0 saturated heterocycles. The number of aliphatic hydroxyl groups is 1. The maximum absolute atomic E-state index is 10.9. The Hall–Kier alpha value is -3.06. The fourth-order valence-corrected chi connectivity index (χ4v) is 1.82. The second kappa shape index (κ2) is 6.59. The molecule has 0 aliphatic rings. The molecule has 112 valence electrons. The average molecular weight is 300 g/mol. The molecule has 0 unspecified atom stereocenters. The van der Waals surface area contributed by atoms with E-state index in [-0.39, 0.29) is 17.9 Å². The summed E-state index contributed by atoms with van der Waals surface area (Å²) >= 11 is 0. The van der Waals surface area contributed by atoms with Crippen LogP contribution in [0.15, 0.2) is 47.5 Å². The normalized spacial score (nSPS) is 10.8. The van der Waals surface area contributed by atoms with Gasteiger partial charge in [-0.15, -0.1) is 0 Å². The molecule has 2 aromatic rings. The van der Waals surface area contributed by atoms with E-state index in [0.29, 0.717) is 16.8 Å². The minimum Gasteiger partial charge on any atom is -0.478 e. The zero-order valence-corrected chi connectivity index (χ0v) is 11.3. The SMILES string of the molecule is O=C(O)c1cccc(N=Cc2cc([N+](=O)[O-])ccc2CO)c1. The molecule has 0 fully saturated rings. The molecule has 2 rings (SSSR count). The Bertz CT molecular complexity index is 755. The lowest BCUT2D eigenvalue weighted by Crippen LogP contribution is -1.96. The van der Waals surface area contributed by atoms with Gasteiger partial charge in [-0.25, -0.2) is 4.79 Å². The first kappa shape index (κ1) is 15.3. The van der Waals surface area contributed by atoms with Crippen LogP contribution >= 0.6 is 0 Å². The van der Waals surface area contributed by atoms with Gasteiger partial charge in [0.2, 0.25) is 0 Å². The lowest BCUT2D eigenvalue weighted by atomic mass is 10.1. The summed E-state index contributed by atoms with van der Waals surface area (Å²) in [6, 6.07) is 10.0. The number of nitro benzene ring substituents is 1. The van der Waals surface area contributed by atoms with E-state index in [1.54, 1.807) is 12.1 Å². The Kier molecular flexibility index (Phi) is 4.60. The van der Waals surface area contributed by atoms with Crippen molar-refractivity contribution in [2.24, 2.45) is 4.99 Å². The van der Waals surface area contributed by atoms with Crippen molar-refractivity contribution in [3.63, 3.8) is 0 Å². The van der Waals surface area contributed by atoms with Crippen molar-refractivity contribution in [1.82, 2.24) is 0 Å². The monoisotopic (exact) mass is 300 g/mol. The van der Waals surface area contributed by atoms with Crippen LogP contribution in [0.4, 0.5) is 11.4 Å². The van der Waals surface area contributed by atoms with Crippen LogP contribution in [0.25, 0.3) is 0 Å². The van der Waals surface area contributed by atoms with E-state index in [1.165, 1.54) is 36.5 Å². The molecule has 0 spiro atoms. The number of rotatable bonds is 5. The highest BCUT2D eigenvalue weighted by molar-refractivity contribution is 5.89. The molecular weight excluding hydrogens is 288 g/mol. The summed E-state index contributed by atoms with van der Waals surface area (Å²) in [4.78, 5) is 25.2. The number of nitro groups is 1. The molecule has 2 aromatic carbocycles.